The maximum atomic E-state index is 13.4. The standard InChI is InChI=1S/C23H21ClF3N3O2/c24-18-10-11-20(19(14-18)23(25,26)27)29-21(30-13-12-28-16-30)8-4-5-9-22(31)32-15-17-6-2-1-3-7-17/h1-3,6-7,10-14,16H,4-5,8-9,15H2. The van der Waals surface area contributed by atoms with E-state index in [-0.39, 0.29) is 29.7 Å². The minimum absolute atomic E-state index is 0.0190. The maximum absolute atomic E-state index is 13.4. The van der Waals surface area contributed by atoms with Gasteiger partial charge in [-0.3, -0.25) is 9.36 Å². The van der Waals surface area contributed by atoms with Crippen LogP contribution in [0.1, 0.15) is 36.8 Å². The van der Waals surface area contributed by atoms with E-state index in [1.165, 1.54) is 24.7 Å². The van der Waals surface area contributed by atoms with Crippen molar-refractivity contribution in [2.75, 3.05) is 0 Å². The fourth-order valence-electron chi connectivity index (χ4n) is 2.99. The predicted octanol–water partition coefficient (Wildman–Crippen LogP) is 6.44. The number of halogens is 4. The third kappa shape index (κ3) is 6.95. The number of ether oxygens (including phenoxy) is 1. The first-order chi connectivity index (χ1) is 15.3. The van der Waals surface area contributed by atoms with Crippen molar-refractivity contribution in [1.29, 1.82) is 0 Å². The smallest absolute Gasteiger partial charge is 0.418 e. The second-order valence-electron chi connectivity index (χ2n) is 7.01. The summed E-state index contributed by atoms with van der Waals surface area (Å²) in [5.41, 5.74) is -0.237. The molecule has 0 unspecified atom stereocenters. The van der Waals surface area contributed by atoms with Crippen LogP contribution in [0.3, 0.4) is 0 Å². The summed E-state index contributed by atoms with van der Waals surface area (Å²) in [6.45, 7) is 0.207. The normalized spacial score (nSPS) is 12.1. The Bertz CT molecular complexity index is 1050. The molecule has 0 atom stereocenters. The number of alkyl halides is 3. The number of aromatic nitrogens is 2. The summed E-state index contributed by atoms with van der Waals surface area (Å²) < 4.78 is 47.0. The highest BCUT2D eigenvalue weighted by atomic mass is 35.5. The number of carbonyl (C=O) groups is 1. The molecule has 32 heavy (non-hydrogen) atoms. The first-order valence-corrected chi connectivity index (χ1v) is 10.3. The molecular formula is C23H21ClF3N3O2. The average molecular weight is 464 g/mol. The molecule has 0 aliphatic rings. The van der Waals surface area contributed by atoms with Crippen molar-refractivity contribution in [3.8, 4) is 0 Å². The summed E-state index contributed by atoms with van der Waals surface area (Å²) in [5, 5.41) is -0.0190. The largest absolute Gasteiger partial charge is 0.461 e. The first kappa shape index (κ1) is 23.5. The molecule has 0 fully saturated rings. The van der Waals surface area contributed by atoms with Gasteiger partial charge in [-0.1, -0.05) is 41.9 Å². The van der Waals surface area contributed by atoms with E-state index < -0.39 is 11.7 Å². The Morgan fingerprint density at radius 3 is 2.53 bits per heavy atom. The Labute approximate surface area is 188 Å². The Morgan fingerprint density at radius 2 is 1.84 bits per heavy atom. The minimum Gasteiger partial charge on any atom is -0.461 e. The van der Waals surface area contributed by atoms with Gasteiger partial charge >= 0.3 is 12.1 Å². The van der Waals surface area contributed by atoms with E-state index in [0.29, 0.717) is 25.1 Å². The Hall–Kier alpha value is -3.13. The van der Waals surface area contributed by atoms with Crippen molar-refractivity contribution in [3.05, 3.63) is 83.4 Å². The highest BCUT2D eigenvalue weighted by molar-refractivity contribution is 6.30. The first-order valence-electron chi connectivity index (χ1n) is 9.95. The Kier molecular flexibility index (Phi) is 8.05. The molecule has 1 aromatic heterocycles. The lowest BCUT2D eigenvalue weighted by atomic mass is 10.1. The third-order valence-corrected chi connectivity index (χ3v) is 4.82. The van der Waals surface area contributed by atoms with Crippen LogP contribution in [0.5, 0.6) is 0 Å². The van der Waals surface area contributed by atoms with Gasteiger partial charge in [0.1, 0.15) is 18.8 Å². The van der Waals surface area contributed by atoms with Gasteiger partial charge in [0.15, 0.2) is 0 Å². The number of esters is 1. The molecule has 0 saturated heterocycles. The highest BCUT2D eigenvalue weighted by Gasteiger charge is 2.34. The summed E-state index contributed by atoms with van der Waals surface area (Å²) >= 11 is 5.75. The summed E-state index contributed by atoms with van der Waals surface area (Å²) in [6, 6.07) is 12.8. The van der Waals surface area contributed by atoms with Crippen LogP contribution in [0.15, 0.2) is 72.2 Å². The lowest BCUT2D eigenvalue weighted by molar-refractivity contribution is -0.145. The zero-order valence-corrected chi connectivity index (χ0v) is 17.8. The molecule has 0 spiro atoms. The van der Waals surface area contributed by atoms with Crippen molar-refractivity contribution < 1.29 is 22.7 Å². The van der Waals surface area contributed by atoms with Crippen LogP contribution in [0.2, 0.25) is 5.02 Å². The zero-order chi connectivity index (χ0) is 23.0. The second-order valence-corrected chi connectivity index (χ2v) is 7.45. The van der Waals surface area contributed by atoms with Crippen molar-refractivity contribution in [3.63, 3.8) is 0 Å². The van der Waals surface area contributed by atoms with E-state index in [4.69, 9.17) is 16.3 Å². The number of unbranched alkanes of at least 4 members (excludes halogenated alkanes) is 1. The maximum Gasteiger partial charge on any atom is 0.418 e. The molecule has 9 heteroatoms. The van der Waals surface area contributed by atoms with Crippen molar-refractivity contribution in [1.82, 2.24) is 9.55 Å². The molecule has 3 rings (SSSR count). The number of carbonyl (C=O) groups excluding carboxylic acids is 1. The van der Waals surface area contributed by atoms with Gasteiger partial charge in [0.2, 0.25) is 0 Å². The molecule has 2 aromatic carbocycles. The average Bonchev–Trinajstić information content (AvgIpc) is 3.30. The van der Waals surface area contributed by atoms with Crippen LogP contribution in [-0.2, 0) is 22.3 Å². The summed E-state index contributed by atoms with van der Waals surface area (Å²) in [5.74, 6) is 0.0556. The van der Waals surface area contributed by atoms with E-state index in [2.05, 4.69) is 9.98 Å². The van der Waals surface area contributed by atoms with Gasteiger partial charge in [-0.2, -0.15) is 13.2 Å². The second kappa shape index (κ2) is 10.9. The molecule has 0 aliphatic heterocycles. The molecule has 168 valence electrons. The minimum atomic E-state index is -4.59. The van der Waals surface area contributed by atoms with Crippen LogP contribution in [-0.4, -0.2) is 21.4 Å². The van der Waals surface area contributed by atoms with E-state index in [0.717, 1.165) is 11.6 Å². The van der Waals surface area contributed by atoms with Gasteiger partial charge in [-0.15, -0.1) is 0 Å². The Balaban J connectivity index is 1.62. The number of hydrogen-bond donors (Lipinski definition) is 0. The van der Waals surface area contributed by atoms with Crippen molar-refractivity contribution in [2.45, 2.75) is 38.5 Å². The van der Waals surface area contributed by atoms with Gasteiger partial charge in [0, 0.05) is 30.3 Å². The van der Waals surface area contributed by atoms with E-state index in [1.807, 2.05) is 30.3 Å². The molecule has 0 radical (unpaired) electrons. The lowest BCUT2D eigenvalue weighted by Crippen LogP contribution is -2.12. The predicted molar refractivity (Wildman–Crippen MR) is 116 cm³/mol. The topological polar surface area (TPSA) is 56.5 Å². The van der Waals surface area contributed by atoms with Crippen LogP contribution >= 0.6 is 11.6 Å². The summed E-state index contributed by atoms with van der Waals surface area (Å²) in [7, 11) is 0. The molecule has 0 N–H and O–H groups in total. The van der Waals surface area contributed by atoms with Gasteiger partial charge in [0.05, 0.1) is 11.3 Å². The monoisotopic (exact) mass is 463 g/mol. The number of rotatable bonds is 8. The highest BCUT2D eigenvalue weighted by Crippen LogP contribution is 2.38. The van der Waals surface area contributed by atoms with Gasteiger partial charge in [-0.05, 0) is 36.6 Å². The Morgan fingerprint density at radius 1 is 1.09 bits per heavy atom. The summed E-state index contributed by atoms with van der Waals surface area (Å²) in [6.07, 6.45) is 1.60. The van der Waals surface area contributed by atoms with Gasteiger partial charge < -0.3 is 4.74 Å². The van der Waals surface area contributed by atoms with Gasteiger partial charge in [-0.25, -0.2) is 9.98 Å². The molecule has 0 saturated carbocycles. The molecule has 0 bridgehead atoms. The number of benzene rings is 2. The number of imidazole rings is 1. The molecular weight excluding hydrogens is 443 g/mol. The van der Waals surface area contributed by atoms with Crippen LogP contribution in [0.25, 0.3) is 0 Å². The zero-order valence-electron chi connectivity index (χ0n) is 17.1. The molecule has 1 heterocycles. The quantitative estimate of drug-likeness (QED) is 0.167. The van der Waals surface area contributed by atoms with Crippen LogP contribution in [0.4, 0.5) is 18.9 Å². The number of hydrogen-bond acceptors (Lipinski definition) is 4. The fraction of sp³-hybridized carbons (Fsp3) is 0.261. The lowest BCUT2D eigenvalue weighted by Gasteiger charge is -2.13. The van der Waals surface area contributed by atoms with Crippen molar-refractivity contribution in [2.24, 2.45) is 4.99 Å². The number of aliphatic imine (C=N–C) groups is 1. The van der Waals surface area contributed by atoms with E-state index in [1.54, 1.807) is 10.8 Å². The molecule has 0 amide bonds. The van der Waals surface area contributed by atoms with E-state index in [9.17, 15) is 18.0 Å². The van der Waals surface area contributed by atoms with E-state index >= 15 is 0 Å². The molecule has 0 aliphatic carbocycles. The van der Waals surface area contributed by atoms with Crippen molar-refractivity contribution >= 4 is 29.1 Å². The van der Waals surface area contributed by atoms with Crippen LogP contribution in [0, 0.1) is 0 Å². The molecule has 5 nitrogen and oxygen atoms in total. The fourth-order valence-corrected chi connectivity index (χ4v) is 3.16. The number of nitrogens with zero attached hydrogens (tertiary/aromatic N) is 3. The molecule has 3 aromatic rings. The van der Waals surface area contributed by atoms with Crippen LogP contribution < -0.4 is 0 Å². The van der Waals surface area contributed by atoms with Gasteiger partial charge in [0.25, 0.3) is 0 Å². The third-order valence-electron chi connectivity index (χ3n) is 4.59. The summed E-state index contributed by atoms with van der Waals surface area (Å²) in [4.78, 5) is 20.2. The SMILES string of the molecule is O=C(CCCCC(=Nc1ccc(Cl)cc1C(F)(F)F)n1ccnc1)OCc1ccccc1.